The van der Waals surface area contributed by atoms with Crippen LogP contribution in [0.3, 0.4) is 0 Å². The second kappa shape index (κ2) is 9.81. The summed E-state index contributed by atoms with van der Waals surface area (Å²) in [6, 6.07) is 8.47. The van der Waals surface area contributed by atoms with Crippen LogP contribution in [0.25, 0.3) is 11.8 Å². The molecule has 42 heavy (non-hydrogen) atoms. The van der Waals surface area contributed by atoms with Gasteiger partial charge >= 0.3 is 0 Å². The quantitative estimate of drug-likeness (QED) is 0.229. The Bertz CT molecular complexity index is 1840. The van der Waals surface area contributed by atoms with Gasteiger partial charge in [-0.05, 0) is 74.4 Å². The SMILES string of the molecule is C=S(=O)(c1cnn(C)c1)N(C1CC1)[C@H]1CCC2=Cc3c(ncn3-c3ccc(F)cc3)C[C@]2(C(=O)c2cc(F)ccn2)C1. The molecule has 0 amide bonds. The summed E-state index contributed by atoms with van der Waals surface area (Å²) < 4.78 is 47.9. The Morgan fingerprint density at radius 1 is 1.10 bits per heavy atom. The number of carbonyl (C=O) groups is 1. The van der Waals surface area contributed by atoms with Crippen LogP contribution in [0.1, 0.15) is 54.0 Å². The van der Waals surface area contributed by atoms with Crippen molar-refractivity contribution < 1.29 is 17.8 Å². The summed E-state index contributed by atoms with van der Waals surface area (Å²) in [7, 11) is -1.10. The van der Waals surface area contributed by atoms with E-state index in [0.29, 0.717) is 36.3 Å². The predicted octanol–water partition coefficient (Wildman–Crippen LogP) is 4.80. The zero-order chi connectivity index (χ0) is 29.2. The van der Waals surface area contributed by atoms with Crippen LogP contribution >= 0.6 is 0 Å². The highest BCUT2D eigenvalue weighted by Gasteiger charge is 2.53. The fourth-order valence-electron chi connectivity index (χ4n) is 6.64. The van der Waals surface area contributed by atoms with Gasteiger partial charge in [-0.25, -0.2) is 22.3 Å². The first kappa shape index (κ1) is 26.9. The third-order valence-electron chi connectivity index (χ3n) is 8.76. The van der Waals surface area contributed by atoms with Gasteiger partial charge in [0.15, 0.2) is 5.78 Å². The zero-order valence-corrected chi connectivity index (χ0v) is 23.9. The number of benzene rings is 1. The number of aromatic nitrogens is 5. The van der Waals surface area contributed by atoms with Crippen molar-refractivity contribution in [2.45, 2.75) is 55.5 Å². The van der Waals surface area contributed by atoms with Crippen molar-refractivity contribution in [1.29, 1.82) is 0 Å². The Morgan fingerprint density at radius 2 is 1.88 bits per heavy atom. The molecule has 3 atom stereocenters. The van der Waals surface area contributed by atoms with Gasteiger partial charge in [-0.2, -0.15) is 5.10 Å². The first-order valence-corrected chi connectivity index (χ1v) is 15.7. The molecule has 3 aromatic heterocycles. The lowest BCUT2D eigenvalue weighted by Crippen LogP contribution is -2.51. The van der Waals surface area contributed by atoms with E-state index in [1.165, 1.54) is 30.5 Å². The molecule has 2 saturated carbocycles. The number of allylic oxidation sites excluding steroid dienone is 1. The van der Waals surface area contributed by atoms with Gasteiger partial charge in [0.1, 0.15) is 17.3 Å². The third kappa shape index (κ3) is 4.42. The van der Waals surface area contributed by atoms with Gasteiger partial charge in [0.25, 0.3) is 0 Å². The molecule has 11 heteroatoms. The highest BCUT2D eigenvalue weighted by Crippen LogP contribution is 2.52. The van der Waals surface area contributed by atoms with E-state index in [-0.39, 0.29) is 29.4 Å². The highest BCUT2D eigenvalue weighted by atomic mass is 32.2. The topological polar surface area (TPSA) is 85.9 Å². The average Bonchev–Trinajstić information content (AvgIpc) is 3.55. The van der Waals surface area contributed by atoms with Crippen molar-refractivity contribution in [3.05, 3.63) is 95.6 Å². The molecule has 8 nitrogen and oxygen atoms in total. The van der Waals surface area contributed by atoms with Crippen LogP contribution in [0.15, 0.2) is 71.8 Å². The van der Waals surface area contributed by atoms with Gasteiger partial charge in [0.2, 0.25) is 0 Å². The Kier molecular flexibility index (Phi) is 6.28. The van der Waals surface area contributed by atoms with Gasteiger partial charge in [-0.15, -0.1) is 0 Å². The minimum atomic E-state index is -2.88. The molecule has 0 radical (unpaired) electrons. The number of hydrogen-bond acceptors (Lipinski definition) is 5. The molecule has 0 saturated heterocycles. The lowest BCUT2D eigenvalue weighted by Gasteiger charge is -2.47. The molecule has 3 aliphatic rings. The van der Waals surface area contributed by atoms with Gasteiger partial charge in [0, 0.05) is 49.7 Å². The summed E-state index contributed by atoms with van der Waals surface area (Å²) >= 11 is 0. The maximum atomic E-state index is 14.4. The number of nitrogens with zero attached hydrogens (tertiary/aromatic N) is 6. The molecule has 216 valence electrons. The van der Waals surface area contributed by atoms with Crippen LogP contribution < -0.4 is 0 Å². The molecular weight excluding hydrogens is 558 g/mol. The van der Waals surface area contributed by atoms with E-state index in [0.717, 1.165) is 29.8 Å². The minimum Gasteiger partial charge on any atom is -0.299 e. The smallest absolute Gasteiger partial charge is 0.191 e. The molecule has 0 N–H and O–H groups in total. The number of hydrogen-bond donors (Lipinski definition) is 0. The zero-order valence-electron chi connectivity index (χ0n) is 23.1. The monoisotopic (exact) mass is 588 g/mol. The van der Waals surface area contributed by atoms with E-state index in [1.807, 2.05) is 14.9 Å². The van der Waals surface area contributed by atoms with Crippen LogP contribution in [0, 0.1) is 17.0 Å². The summed E-state index contributed by atoms with van der Waals surface area (Å²) in [6.45, 7) is 0. The number of Topliss-reactive ketones (excluding diaryl/α,β-unsaturated/α-hetero) is 1. The van der Waals surface area contributed by atoms with Crippen molar-refractivity contribution in [3.8, 4) is 5.69 Å². The van der Waals surface area contributed by atoms with Gasteiger partial charge in [-0.3, -0.25) is 19.0 Å². The van der Waals surface area contributed by atoms with Gasteiger partial charge in [-0.1, -0.05) is 5.57 Å². The molecule has 1 aromatic carbocycles. The fraction of sp³-hybridized carbons (Fsp3) is 0.323. The van der Waals surface area contributed by atoms with Crippen LogP contribution in [0.5, 0.6) is 0 Å². The summed E-state index contributed by atoms with van der Waals surface area (Å²) in [5.74, 6) is 3.08. The molecule has 4 aromatic rings. The van der Waals surface area contributed by atoms with E-state index in [4.69, 9.17) is 0 Å². The molecule has 0 aliphatic heterocycles. The van der Waals surface area contributed by atoms with Crippen molar-refractivity contribution in [2.75, 3.05) is 0 Å². The molecule has 3 heterocycles. The van der Waals surface area contributed by atoms with E-state index in [2.05, 4.69) is 20.9 Å². The Balaban J connectivity index is 1.32. The van der Waals surface area contributed by atoms with Gasteiger partial charge < -0.3 is 0 Å². The molecule has 0 spiro atoms. The summed E-state index contributed by atoms with van der Waals surface area (Å²) in [6.07, 6.45) is 12.1. The largest absolute Gasteiger partial charge is 0.299 e. The Hall–Kier alpha value is -3.96. The highest BCUT2D eigenvalue weighted by molar-refractivity contribution is 7.98. The fourth-order valence-corrected chi connectivity index (χ4v) is 8.77. The number of carbonyl (C=O) groups excluding carboxylic acids is 1. The second-order valence-corrected chi connectivity index (χ2v) is 13.7. The number of pyridine rings is 1. The van der Waals surface area contributed by atoms with E-state index in [1.54, 1.807) is 42.6 Å². The van der Waals surface area contributed by atoms with Crippen molar-refractivity contribution >= 4 is 27.4 Å². The Labute approximate surface area is 242 Å². The Morgan fingerprint density at radius 3 is 2.57 bits per heavy atom. The second-order valence-electron chi connectivity index (χ2n) is 11.5. The molecular formula is C31H30F2N6O2S. The van der Waals surface area contributed by atoms with Crippen LogP contribution in [-0.4, -0.2) is 56.6 Å². The summed E-state index contributed by atoms with van der Waals surface area (Å²) in [5.41, 5.74) is 2.24. The normalized spacial score (nSPS) is 23.1. The van der Waals surface area contributed by atoms with Crippen LogP contribution in [0.2, 0.25) is 0 Å². The number of imidazole rings is 1. The lowest BCUT2D eigenvalue weighted by atomic mass is 9.61. The van der Waals surface area contributed by atoms with E-state index >= 15 is 0 Å². The van der Waals surface area contributed by atoms with Gasteiger partial charge in [0.05, 0.1) is 43.9 Å². The number of aryl methyl sites for hydroxylation is 1. The standard InChI is InChI=1S/C31H30F2N6O2S/c1-37-18-26(17-36-37)42(2,41)39(24-9-10-24)25-6-3-20-13-29-28(35-19-38(29)23-7-4-21(32)5-8-23)16-31(20,15-25)30(40)27-14-22(33)11-12-34-27/h4-5,7-8,11-14,17-19,24-25H,2-3,6,9-10,15-16H2,1H3/t25-,31+,42?/m0/s1. The number of halogens is 2. The lowest BCUT2D eigenvalue weighted by molar-refractivity contribution is 0.0734. The number of ketones is 1. The minimum absolute atomic E-state index is 0.0588. The van der Waals surface area contributed by atoms with Crippen molar-refractivity contribution in [1.82, 2.24) is 28.6 Å². The van der Waals surface area contributed by atoms with E-state index < -0.39 is 20.9 Å². The first-order chi connectivity index (χ1) is 20.2. The predicted molar refractivity (Wildman–Crippen MR) is 155 cm³/mol. The molecule has 2 fully saturated rings. The summed E-state index contributed by atoms with van der Waals surface area (Å²) in [4.78, 5) is 24.0. The number of rotatable bonds is 7. The van der Waals surface area contributed by atoms with E-state index in [9.17, 15) is 17.8 Å². The number of fused-ring (bicyclic) bond motifs is 2. The van der Waals surface area contributed by atoms with Crippen LogP contribution in [0.4, 0.5) is 8.78 Å². The van der Waals surface area contributed by atoms with Crippen molar-refractivity contribution in [3.63, 3.8) is 0 Å². The molecule has 7 rings (SSSR count). The summed E-state index contributed by atoms with van der Waals surface area (Å²) in [5, 5.41) is 4.24. The maximum Gasteiger partial charge on any atom is 0.191 e. The molecule has 3 aliphatic carbocycles. The first-order valence-electron chi connectivity index (χ1n) is 14.0. The molecule has 1 unspecified atom stereocenters. The third-order valence-corrected chi connectivity index (χ3v) is 11.0. The molecule has 0 bridgehead atoms. The van der Waals surface area contributed by atoms with Crippen molar-refractivity contribution in [2.24, 2.45) is 12.5 Å². The van der Waals surface area contributed by atoms with Crippen LogP contribution in [-0.2, 0) is 23.2 Å². The maximum absolute atomic E-state index is 14.4. The average molecular weight is 589 g/mol.